The van der Waals surface area contributed by atoms with Gasteiger partial charge in [0.15, 0.2) is 0 Å². The van der Waals surface area contributed by atoms with E-state index in [1.165, 1.54) is 5.39 Å². The van der Waals surface area contributed by atoms with Crippen LogP contribution in [0.2, 0.25) is 0 Å². The predicted octanol–water partition coefficient (Wildman–Crippen LogP) is 2.35. The summed E-state index contributed by atoms with van der Waals surface area (Å²) < 4.78 is 16.9. The molecule has 1 aliphatic rings. The zero-order valence-electron chi connectivity index (χ0n) is 12.2. The van der Waals surface area contributed by atoms with Gasteiger partial charge in [0.1, 0.15) is 18.0 Å². The van der Waals surface area contributed by atoms with E-state index in [-0.39, 0.29) is 18.2 Å². The molecule has 3 atom stereocenters. The number of rotatable bonds is 6. The Balaban J connectivity index is 1.70. The lowest BCUT2D eigenvalue weighted by Crippen LogP contribution is -2.59. The molecule has 0 radical (unpaired) electrons. The second kappa shape index (κ2) is 6.43. The van der Waals surface area contributed by atoms with E-state index in [0.717, 1.165) is 17.6 Å². The SMILES string of the molecule is COCCOC1C(N)CC1Oc1cccc2ccccc12. The lowest BCUT2D eigenvalue weighted by atomic mass is 9.86. The summed E-state index contributed by atoms with van der Waals surface area (Å²) in [5.41, 5.74) is 6.02. The highest BCUT2D eigenvalue weighted by Gasteiger charge is 2.41. The maximum atomic E-state index is 6.13. The molecule has 2 aromatic carbocycles. The quantitative estimate of drug-likeness (QED) is 0.829. The van der Waals surface area contributed by atoms with Crippen LogP contribution in [0.4, 0.5) is 0 Å². The molecule has 0 aromatic heterocycles. The molecule has 112 valence electrons. The first-order chi connectivity index (χ1) is 10.3. The summed E-state index contributed by atoms with van der Waals surface area (Å²) in [6, 6.07) is 14.3. The van der Waals surface area contributed by atoms with Crippen molar-refractivity contribution in [2.45, 2.75) is 24.7 Å². The standard InChI is InChI=1S/C17H21NO3/c1-19-9-10-20-17-14(18)11-16(17)21-15-8-4-6-12-5-2-3-7-13(12)15/h2-8,14,16-17H,9-11,18H2,1H3. The molecule has 0 heterocycles. The largest absolute Gasteiger partial charge is 0.487 e. The van der Waals surface area contributed by atoms with E-state index in [1.807, 2.05) is 24.3 Å². The fourth-order valence-electron chi connectivity index (χ4n) is 2.69. The van der Waals surface area contributed by atoms with Crippen LogP contribution >= 0.6 is 0 Å². The molecular formula is C17H21NO3. The Morgan fingerprint density at radius 2 is 1.90 bits per heavy atom. The monoisotopic (exact) mass is 287 g/mol. The van der Waals surface area contributed by atoms with Crippen LogP contribution in [0, 0.1) is 0 Å². The third kappa shape index (κ3) is 3.02. The molecule has 2 aromatic rings. The molecule has 2 N–H and O–H groups in total. The van der Waals surface area contributed by atoms with Gasteiger partial charge in [0.05, 0.1) is 13.2 Å². The minimum atomic E-state index is -0.0564. The fraction of sp³-hybridized carbons (Fsp3) is 0.412. The van der Waals surface area contributed by atoms with Gasteiger partial charge in [-0.25, -0.2) is 0 Å². The first-order valence-electron chi connectivity index (χ1n) is 7.30. The van der Waals surface area contributed by atoms with Crippen molar-refractivity contribution in [3.8, 4) is 5.75 Å². The maximum absolute atomic E-state index is 6.13. The Bertz CT molecular complexity index is 596. The van der Waals surface area contributed by atoms with Crippen molar-refractivity contribution in [2.75, 3.05) is 20.3 Å². The van der Waals surface area contributed by atoms with Crippen molar-refractivity contribution < 1.29 is 14.2 Å². The van der Waals surface area contributed by atoms with E-state index in [2.05, 4.69) is 18.2 Å². The Morgan fingerprint density at radius 1 is 1.10 bits per heavy atom. The Hall–Kier alpha value is -1.62. The van der Waals surface area contributed by atoms with Crippen molar-refractivity contribution in [1.82, 2.24) is 0 Å². The van der Waals surface area contributed by atoms with Gasteiger partial charge in [-0.1, -0.05) is 36.4 Å². The molecule has 1 aliphatic carbocycles. The van der Waals surface area contributed by atoms with Crippen molar-refractivity contribution in [2.24, 2.45) is 5.73 Å². The Morgan fingerprint density at radius 3 is 2.71 bits per heavy atom. The Labute approximate surface area is 124 Å². The van der Waals surface area contributed by atoms with Gasteiger partial charge < -0.3 is 19.9 Å². The average Bonchev–Trinajstić information content (AvgIpc) is 2.51. The zero-order chi connectivity index (χ0) is 14.7. The predicted molar refractivity (Wildman–Crippen MR) is 82.6 cm³/mol. The molecular weight excluding hydrogens is 266 g/mol. The highest BCUT2D eigenvalue weighted by molar-refractivity contribution is 5.88. The molecule has 3 rings (SSSR count). The van der Waals surface area contributed by atoms with Gasteiger partial charge in [-0.05, 0) is 11.5 Å². The molecule has 0 saturated heterocycles. The summed E-state index contributed by atoms with van der Waals surface area (Å²) >= 11 is 0. The number of methoxy groups -OCH3 is 1. The van der Waals surface area contributed by atoms with Crippen LogP contribution in [0.3, 0.4) is 0 Å². The van der Waals surface area contributed by atoms with Gasteiger partial charge >= 0.3 is 0 Å². The summed E-state index contributed by atoms with van der Waals surface area (Å²) in [7, 11) is 1.66. The molecule has 0 aliphatic heterocycles. The smallest absolute Gasteiger partial charge is 0.128 e. The van der Waals surface area contributed by atoms with Gasteiger partial charge in [-0.15, -0.1) is 0 Å². The lowest BCUT2D eigenvalue weighted by Gasteiger charge is -2.41. The van der Waals surface area contributed by atoms with Gasteiger partial charge in [0.2, 0.25) is 0 Å². The van der Waals surface area contributed by atoms with E-state index >= 15 is 0 Å². The highest BCUT2D eigenvalue weighted by atomic mass is 16.6. The molecule has 1 saturated carbocycles. The van der Waals surface area contributed by atoms with Gasteiger partial charge in [-0.2, -0.15) is 0 Å². The number of nitrogens with two attached hydrogens (primary N) is 1. The normalized spacial score (nSPS) is 24.8. The van der Waals surface area contributed by atoms with Crippen LogP contribution in [-0.4, -0.2) is 38.6 Å². The van der Waals surface area contributed by atoms with Crippen LogP contribution in [0.15, 0.2) is 42.5 Å². The summed E-state index contributed by atoms with van der Waals surface area (Å²) in [6.07, 6.45) is 0.780. The second-order valence-electron chi connectivity index (χ2n) is 5.36. The molecule has 1 fully saturated rings. The van der Waals surface area contributed by atoms with E-state index in [9.17, 15) is 0 Å². The molecule has 3 unspecified atom stereocenters. The summed E-state index contributed by atoms with van der Waals surface area (Å²) in [4.78, 5) is 0. The first kappa shape index (κ1) is 14.3. The Kier molecular flexibility index (Phi) is 4.39. The first-order valence-corrected chi connectivity index (χ1v) is 7.30. The molecule has 0 bridgehead atoms. The van der Waals surface area contributed by atoms with Gasteiger partial charge in [0, 0.05) is 25.0 Å². The third-order valence-corrected chi connectivity index (χ3v) is 3.92. The number of fused-ring (bicyclic) bond motifs is 1. The zero-order valence-corrected chi connectivity index (χ0v) is 12.2. The number of hydrogen-bond donors (Lipinski definition) is 1. The highest BCUT2D eigenvalue weighted by Crippen LogP contribution is 2.32. The van der Waals surface area contributed by atoms with Crippen LogP contribution in [0.5, 0.6) is 5.75 Å². The van der Waals surface area contributed by atoms with Gasteiger partial charge in [0.25, 0.3) is 0 Å². The van der Waals surface area contributed by atoms with Crippen LogP contribution in [0.1, 0.15) is 6.42 Å². The minimum absolute atomic E-state index is 0.0164. The van der Waals surface area contributed by atoms with Crippen LogP contribution < -0.4 is 10.5 Å². The molecule has 4 nitrogen and oxygen atoms in total. The maximum Gasteiger partial charge on any atom is 0.128 e. The third-order valence-electron chi connectivity index (χ3n) is 3.92. The van der Waals surface area contributed by atoms with Crippen LogP contribution in [-0.2, 0) is 9.47 Å². The summed E-state index contributed by atoms with van der Waals surface area (Å²) in [5.74, 6) is 0.894. The number of ether oxygens (including phenoxy) is 3. The molecule has 0 amide bonds. The van der Waals surface area contributed by atoms with Crippen molar-refractivity contribution in [1.29, 1.82) is 0 Å². The number of hydrogen-bond acceptors (Lipinski definition) is 4. The van der Waals surface area contributed by atoms with Crippen molar-refractivity contribution >= 4 is 10.8 Å². The second-order valence-corrected chi connectivity index (χ2v) is 5.36. The number of benzene rings is 2. The van der Waals surface area contributed by atoms with Crippen molar-refractivity contribution in [3.05, 3.63) is 42.5 Å². The van der Waals surface area contributed by atoms with Gasteiger partial charge in [-0.3, -0.25) is 0 Å². The summed E-state index contributed by atoms with van der Waals surface area (Å²) in [6.45, 7) is 1.12. The molecule has 21 heavy (non-hydrogen) atoms. The fourth-order valence-corrected chi connectivity index (χ4v) is 2.69. The van der Waals surface area contributed by atoms with E-state index in [1.54, 1.807) is 7.11 Å². The van der Waals surface area contributed by atoms with E-state index in [0.29, 0.717) is 13.2 Å². The minimum Gasteiger partial charge on any atom is -0.487 e. The van der Waals surface area contributed by atoms with E-state index in [4.69, 9.17) is 19.9 Å². The molecule has 4 heteroatoms. The van der Waals surface area contributed by atoms with Crippen molar-refractivity contribution in [3.63, 3.8) is 0 Å². The van der Waals surface area contributed by atoms with E-state index < -0.39 is 0 Å². The molecule has 0 spiro atoms. The van der Waals surface area contributed by atoms with Crippen LogP contribution in [0.25, 0.3) is 10.8 Å². The average molecular weight is 287 g/mol. The lowest BCUT2D eigenvalue weighted by molar-refractivity contribution is -0.106. The topological polar surface area (TPSA) is 53.7 Å². The summed E-state index contributed by atoms with van der Waals surface area (Å²) in [5, 5.41) is 2.30.